The highest BCUT2D eigenvalue weighted by molar-refractivity contribution is 5.74. The molecule has 0 radical (unpaired) electrons. The minimum atomic E-state index is -0.884. The summed E-state index contributed by atoms with van der Waals surface area (Å²) in [4.78, 5) is 13.7. The zero-order valence-electron chi connectivity index (χ0n) is 12.0. The summed E-state index contributed by atoms with van der Waals surface area (Å²) in [6.07, 6.45) is 1.69. The standard InChI is InChI=1S/C15H20F2N2O2/c1-10(11-4-5-13(16)14(17)7-11)8-18-15(21)19-6-2-3-12(19)9-20/h4-5,7,10,12,20H,2-3,6,8-9H2,1H3,(H,18,21)/t10-,12-/m1/s1. The lowest BCUT2D eigenvalue weighted by atomic mass is 10.0. The Balaban J connectivity index is 1.89. The number of hydrogen-bond donors (Lipinski definition) is 2. The molecule has 2 N–H and O–H groups in total. The maximum Gasteiger partial charge on any atom is 0.317 e. The number of nitrogens with zero attached hydrogens (tertiary/aromatic N) is 1. The van der Waals surface area contributed by atoms with E-state index in [9.17, 15) is 18.7 Å². The number of nitrogens with one attached hydrogen (secondary N) is 1. The summed E-state index contributed by atoms with van der Waals surface area (Å²) in [5.74, 6) is -1.89. The molecule has 0 unspecified atom stereocenters. The van der Waals surface area contributed by atoms with Crippen molar-refractivity contribution in [3.8, 4) is 0 Å². The van der Waals surface area contributed by atoms with Crippen LogP contribution in [0.15, 0.2) is 18.2 Å². The topological polar surface area (TPSA) is 52.6 Å². The Bertz CT molecular complexity index is 510. The highest BCUT2D eigenvalue weighted by Crippen LogP contribution is 2.19. The summed E-state index contributed by atoms with van der Waals surface area (Å²) in [5.41, 5.74) is 0.634. The quantitative estimate of drug-likeness (QED) is 0.895. The molecule has 2 rings (SSSR count). The lowest BCUT2D eigenvalue weighted by molar-refractivity contribution is 0.157. The Morgan fingerprint density at radius 2 is 2.24 bits per heavy atom. The van der Waals surface area contributed by atoms with Gasteiger partial charge in [0.15, 0.2) is 11.6 Å². The highest BCUT2D eigenvalue weighted by atomic mass is 19.2. The van der Waals surface area contributed by atoms with Gasteiger partial charge in [0.05, 0.1) is 12.6 Å². The SMILES string of the molecule is C[C@H](CNC(=O)N1CCC[C@@H]1CO)c1ccc(F)c(F)c1. The van der Waals surface area contributed by atoms with Crippen LogP contribution >= 0.6 is 0 Å². The molecule has 0 bridgehead atoms. The average molecular weight is 298 g/mol. The van der Waals surface area contributed by atoms with E-state index in [0.29, 0.717) is 18.7 Å². The molecule has 2 amide bonds. The van der Waals surface area contributed by atoms with Crippen LogP contribution in [-0.2, 0) is 0 Å². The summed E-state index contributed by atoms with van der Waals surface area (Å²) in [7, 11) is 0. The minimum Gasteiger partial charge on any atom is -0.394 e. The van der Waals surface area contributed by atoms with Gasteiger partial charge in [0.2, 0.25) is 0 Å². The number of amides is 2. The molecule has 0 spiro atoms. The van der Waals surface area contributed by atoms with E-state index in [-0.39, 0.29) is 24.6 Å². The summed E-state index contributed by atoms with van der Waals surface area (Å²) in [6, 6.07) is 3.41. The third kappa shape index (κ3) is 3.69. The number of likely N-dealkylation sites (tertiary alicyclic amines) is 1. The number of hydrogen-bond acceptors (Lipinski definition) is 2. The Morgan fingerprint density at radius 3 is 2.90 bits per heavy atom. The highest BCUT2D eigenvalue weighted by Gasteiger charge is 2.28. The third-order valence-corrected chi connectivity index (χ3v) is 3.92. The molecule has 0 saturated carbocycles. The molecule has 4 nitrogen and oxygen atoms in total. The van der Waals surface area contributed by atoms with Crippen molar-refractivity contribution in [2.24, 2.45) is 0 Å². The number of aliphatic hydroxyl groups excluding tert-OH is 1. The minimum absolute atomic E-state index is 0.0356. The maximum absolute atomic E-state index is 13.2. The van der Waals surface area contributed by atoms with Crippen molar-refractivity contribution in [3.05, 3.63) is 35.4 Å². The Morgan fingerprint density at radius 1 is 1.48 bits per heavy atom. The molecule has 116 valence electrons. The van der Waals surface area contributed by atoms with Crippen LogP contribution in [-0.4, -0.2) is 41.8 Å². The molecule has 1 heterocycles. The van der Waals surface area contributed by atoms with Gasteiger partial charge in [0.25, 0.3) is 0 Å². The predicted octanol–water partition coefficient (Wildman–Crippen LogP) is 2.23. The zero-order chi connectivity index (χ0) is 15.4. The molecule has 1 aliphatic heterocycles. The van der Waals surface area contributed by atoms with Gasteiger partial charge in [-0.2, -0.15) is 0 Å². The van der Waals surface area contributed by atoms with Crippen molar-refractivity contribution >= 4 is 6.03 Å². The van der Waals surface area contributed by atoms with Crippen molar-refractivity contribution in [1.29, 1.82) is 0 Å². The smallest absolute Gasteiger partial charge is 0.317 e. The van der Waals surface area contributed by atoms with Gasteiger partial charge in [-0.1, -0.05) is 13.0 Å². The Kier molecular flexibility index (Phi) is 5.12. The molecule has 0 aromatic heterocycles. The molecule has 0 aliphatic carbocycles. The van der Waals surface area contributed by atoms with Gasteiger partial charge in [0, 0.05) is 13.1 Å². The van der Waals surface area contributed by atoms with Crippen LogP contribution in [0.5, 0.6) is 0 Å². The largest absolute Gasteiger partial charge is 0.394 e. The summed E-state index contributed by atoms with van der Waals surface area (Å²) in [5, 5.41) is 12.0. The van der Waals surface area contributed by atoms with E-state index >= 15 is 0 Å². The first-order chi connectivity index (χ1) is 10.0. The monoisotopic (exact) mass is 298 g/mol. The molecule has 21 heavy (non-hydrogen) atoms. The first-order valence-corrected chi connectivity index (χ1v) is 7.13. The van der Waals surface area contributed by atoms with Crippen LogP contribution in [0.2, 0.25) is 0 Å². The van der Waals surface area contributed by atoms with Crippen LogP contribution < -0.4 is 5.32 Å². The van der Waals surface area contributed by atoms with Crippen LogP contribution in [0.4, 0.5) is 13.6 Å². The van der Waals surface area contributed by atoms with Crippen LogP contribution in [0.1, 0.15) is 31.2 Å². The van der Waals surface area contributed by atoms with Crippen LogP contribution in [0.25, 0.3) is 0 Å². The normalized spacial score (nSPS) is 19.6. The molecule has 1 saturated heterocycles. The fraction of sp³-hybridized carbons (Fsp3) is 0.533. The molecule has 1 aromatic rings. The van der Waals surface area contributed by atoms with Gasteiger partial charge in [-0.05, 0) is 36.5 Å². The van der Waals surface area contributed by atoms with E-state index in [1.807, 2.05) is 6.92 Å². The van der Waals surface area contributed by atoms with Crippen LogP contribution in [0.3, 0.4) is 0 Å². The van der Waals surface area contributed by atoms with E-state index in [4.69, 9.17) is 0 Å². The van der Waals surface area contributed by atoms with Gasteiger partial charge in [-0.3, -0.25) is 0 Å². The van der Waals surface area contributed by atoms with Crippen molar-refractivity contribution in [2.45, 2.75) is 31.7 Å². The summed E-state index contributed by atoms with van der Waals surface area (Å²) in [6.45, 7) is 2.77. The first kappa shape index (κ1) is 15.7. The van der Waals surface area contributed by atoms with Crippen molar-refractivity contribution < 1.29 is 18.7 Å². The van der Waals surface area contributed by atoms with Gasteiger partial charge in [-0.25, -0.2) is 13.6 Å². The molecule has 1 fully saturated rings. The second kappa shape index (κ2) is 6.85. The van der Waals surface area contributed by atoms with E-state index in [2.05, 4.69) is 5.32 Å². The molecule has 1 aromatic carbocycles. The number of carbonyl (C=O) groups is 1. The van der Waals surface area contributed by atoms with Gasteiger partial charge in [-0.15, -0.1) is 0 Å². The second-order valence-corrected chi connectivity index (χ2v) is 5.43. The maximum atomic E-state index is 13.2. The number of urea groups is 1. The number of rotatable bonds is 4. The van der Waals surface area contributed by atoms with Gasteiger partial charge < -0.3 is 15.3 Å². The Labute approximate surface area is 122 Å². The lowest BCUT2D eigenvalue weighted by Crippen LogP contribution is -2.45. The van der Waals surface area contributed by atoms with Gasteiger partial charge in [0.1, 0.15) is 0 Å². The fourth-order valence-electron chi connectivity index (χ4n) is 2.57. The van der Waals surface area contributed by atoms with E-state index in [1.165, 1.54) is 6.07 Å². The summed E-state index contributed by atoms with van der Waals surface area (Å²) >= 11 is 0. The first-order valence-electron chi connectivity index (χ1n) is 7.13. The molecule has 1 aliphatic rings. The van der Waals surface area contributed by atoms with Crippen molar-refractivity contribution in [3.63, 3.8) is 0 Å². The van der Waals surface area contributed by atoms with Gasteiger partial charge >= 0.3 is 6.03 Å². The summed E-state index contributed by atoms with van der Waals surface area (Å²) < 4.78 is 26.1. The van der Waals surface area contributed by atoms with E-state index in [1.54, 1.807) is 4.90 Å². The number of aliphatic hydroxyl groups is 1. The molecular formula is C15H20F2N2O2. The Hall–Kier alpha value is -1.69. The number of halogens is 2. The van der Waals surface area contributed by atoms with Crippen molar-refractivity contribution in [1.82, 2.24) is 10.2 Å². The second-order valence-electron chi connectivity index (χ2n) is 5.43. The number of benzene rings is 1. The molecular weight excluding hydrogens is 278 g/mol. The lowest BCUT2D eigenvalue weighted by Gasteiger charge is -2.24. The fourth-order valence-corrected chi connectivity index (χ4v) is 2.57. The van der Waals surface area contributed by atoms with E-state index in [0.717, 1.165) is 25.0 Å². The van der Waals surface area contributed by atoms with Crippen LogP contribution in [0, 0.1) is 11.6 Å². The molecule has 6 heteroatoms. The predicted molar refractivity (Wildman–Crippen MR) is 75.0 cm³/mol. The third-order valence-electron chi connectivity index (χ3n) is 3.92. The molecule has 2 atom stereocenters. The van der Waals surface area contributed by atoms with Crippen molar-refractivity contribution in [2.75, 3.05) is 19.7 Å². The van der Waals surface area contributed by atoms with E-state index < -0.39 is 11.6 Å². The number of carbonyl (C=O) groups excluding carboxylic acids is 1. The average Bonchev–Trinajstić information content (AvgIpc) is 2.95. The zero-order valence-corrected chi connectivity index (χ0v) is 12.0.